The summed E-state index contributed by atoms with van der Waals surface area (Å²) in [6, 6.07) is 13.4. The molecule has 28 heavy (non-hydrogen) atoms. The van der Waals surface area contributed by atoms with Gasteiger partial charge in [-0.05, 0) is 56.5 Å². The van der Waals surface area contributed by atoms with Crippen molar-refractivity contribution in [2.24, 2.45) is 0 Å². The number of hydrogen-bond acceptors (Lipinski definition) is 4. The Balaban J connectivity index is 1.67. The second kappa shape index (κ2) is 8.13. The number of hydrogen-bond donors (Lipinski definition) is 0. The third-order valence-corrected chi connectivity index (χ3v) is 4.92. The zero-order chi connectivity index (χ0) is 20.3. The van der Waals surface area contributed by atoms with Crippen LogP contribution in [-0.2, 0) is 14.3 Å². The van der Waals surface area contributed by atoms with Crippen molar-refractivity contribution in [1.29, 1.82) is 5.26 Å². The van der Waals surface area contributed by atoms with E-state index < -0.39 is 12.6 Å². The van der Waals surface area contributed by atoms with Crippen LogP contribution < -0.4 is 4.90 Å². The zero-order valence-corrected chi connectivity index (χ0v) is 16.3. The maximum absolute atomic E-state index is 12.3. The first kappa shape index (κ1) is 19.4. The summed E-state index contributed by atoms with van der Waals surface area (Å²) in [7, 11) is 1.61. The van der Waals surface area contributed by atoms with E-state index in [4.69, 9.17) is 4.74 Å². The zero-order valence-electron chi connectivity index (χ0n) is 16.3. The second-order valence-corrected chi connectivity index (χ2v) is 6.96. The number of benzene rings is 1. The van der Waals surface area contributed by atoms with Crippen molar-refractivity contribution >= 4 is 23.6 Å². The molecule has 1 amide bonds. The minimum absolute atomic E-state index is 0.119. The van der Waals surface area contributed by atoms with Gasteiger partial charge in [0.05, 0.1) is 0 Å². The summed E-state index contributed by atoms with van der Waals surface area (Å²) in [5.74, 6) is -1.17. The van der Waals surface area contributed by atoms with E-state index in [1.807, 2.05) is 44.2 Å². The van der Waals surface area contributed by atoms with Crippen LogP contribution in [0.15, 0.2) is 42.0 Å². The molecule has 1 aromatic carbocycles. The number of anilines is 1. The lowest BCUT2D eigenvalue weighted by molar-refractivity contribution is -0.143. The van der Waals surface area contributed by atoms with Crippen molar-refractivity contribution in [2.45, 2.75) is 32.7 Å². The van der Waals surface area contributed by atoms with Gasteiger partial charge in [0, 0.05) is 30.2 Å². The predicted molar refractivity (Wildman–Crippen MR) is 107 cm³/mol. The van der Waals surface area contributed by atoms with Crippen molar-refractivity contribution in [3.63, 3.8) is 0 Å². The number of nitriles is 1. The van der Waals surface area contributed by atoms with E-state index in [2.05, 4.69) is 4.57 Å². The summed E-state index contributed by atoms with van der Waals surface area (Å²) in [6.45, 7) is 3.57. The summed E-state index contributed by atoms with van der Waals surface area (Å²) < 4.78 is 7.32. The highest BCUT2D eigenvalue weighted by Gasteiger charge is 2.27. The molecule has 1 heterocycles. The Morgan fingerprint density at radius 3 is 2.57 bits per heavy atom. The molecule has 0 atom stereocenters. The topological polar surface area (TPSA) is 75.3 Å². The molecule has 0 bridgehead atoms. The lowest BCUT2D eigenvalue weighted by Gasteiger charge is -2.16. The standard InChI is InChI=1S/C22H23N3O3/c1-15-11-17(16(2)25(15)20-9-10-20)12-18(13-23)22(27)28-14-21(26)24(3)19-7-5-4-6-8-19/h4-8,11-12,20H,9-10,14H2,1-3H3/b18-12+. The minimum atomic E-state index is -0.798. The number of aryl methyl sites for hydroxylation is 1. The number of amides is 1. The highest BCUT2D eigenvalue weighted by atomic mass is 16.5. The SMILES string of the molecule is Cc1cc(/C=C(\C#N)C(=O)OCC(=O)N(C)c2ccccc2)c(C)n1C1CC1. The quantitative estimate of drug-likeness (QED) is 0.438. The fraction of sp³-hybridized carbons (Fsp3) is 0.318. The van der Waals surface area contributed by atoms with Crippen molar-refractivity contribution in [2.75, 3.05) is 18.6 Å². The smallest absolute Gasteiger partial charge is 0.349 e. The first-order chi connectivity index (χ1) is 13.4. The minimum Gasteiger partial charge on any atom is -0.451 e. The van der Waals surface area contributed by atoms with Crippen molar-refractivity contribution in [1.82, 2.24) is 4.57 Å². The Labute approximate surface area is 164 Å². The normalized spacial score (nSPS) is 13.7. The molecule has 0 unspecified atom stereocenters. The fourth-order valence-electron chi connectivity index (χ4n) is 3.23. The van der Waals surface area contributed by atoms with Gasteiger partial charge in [-0.2, -0.15) is 5.26 Å². The number of nitrogens with zero attached hydrogens (tertiary/aromatic N) is 3. The number of likely N-dealkylation sites (N-methyl/N-ethyl adjacent to an activating group) is 1. The first-order valence-electron chi connectivity index (χ1n) is 9.21. The fourth-order valence-corrected chi connectivity index (χ4v) is 3.23. The van der Waals surface area contributed by atoms with Gasteiger partial charge in [-0.15, -0.1) is 0 Å². The van der Waals surface area contributed by atoms with Gasteiger partial charge in [0.25, 0.3) is 5.91 Å². The maximum Gasteiger partial charge on any atom is 0.349 e. The van der Waals surface area contributed by atoms with Crippen LogP contribution in [0.5, 0.6) is 0 Å². The maximum atomic E-state index is 12.3. The van der Waals surface area contributed by atoms with E-state index in [1.165, 1.54) is 11.0 Å². The molecular formula is C22H23N3O3. The van der Waals surface area contributed by atoms with Gasteiger partial charge >= 0.3 is 5.97 Å². The van der Waals surface area contributed by atoms with Gasteiger partial charge in [0.2, 0.25) is 0 Å². The molecule has 0 radical (unpaired) electrons. The molecule has 3 rings (SSSR count). The van der Waals surface area contributed by atoms with Gasteiger partial charge in [-0.3, -0.25) is 4.79 Å². The molecular weight excluding hydrogens is 354 g/mol. The van der Waals surface area contributed by atoms with Gasteiger partial charge in [-0.1, -0.05) is 18.2 Å². The largest absolute Gasteiger partial charge is 0.451 e. The number of carbonyl (C=O) groups is 2. The molecule has 144 valence electrons. The van der Waals surface area contributed by atoms with Crippen LogP contribution >= 0.6 is 0 Å². The summed E-state index contributed by atoms with van der Waals surface area (Å²) in [5.41, 5.74) is 3.54. The van der Waals surface area contributed by atoms with E-state index in [1.54, 1.807) is 19.2 Å². The summed E-state index contributed by atoms with van der Waals surface area (Å²) in [4.78, 5) is 26.0. The van der Waals surface area contributed by atoms with Crippen LogP contribution in [0.4, 0.5) is 5.69 Å². The molecule has 6 heteroatoms. The molecule has 1 fully saturated rings. The van der Waals surface area contributed by atoms with Crippen LogP contribution in [0, 0.1) is 25.2 Å². The Bertz CT molecular complexity index is 963. The number of para-hydroxylation sites is 1. The number of aromatic nitrogens is 1. The third kappa shape index (κ3) is 4.15. The summed E-state index contributed by atoms with van der Waals surface area (Å²) in [5, 5.41) is 9.38. The van der Waals surface area contributed by atoms with E-state index in [0.29, 0.717) is 11.7 Å². The number of ether oxygens (including phenoxy) is 1. The molecule has 0 spiro atoms. The van der Waals surface area contributed by atoms with Crippen LogP contribution in [0.25, 0.3) is 6.08 Å². The highest BCUT2D eigenvalue weighted by Crippen LogP contribution is 2.38. The Morgan fingerprint density at radius 1 is 1.29 bits per heavy atom. The van der Waals surface area contributed by atoms with E-state index in [9.17, 15) is 14.9 Å². The molecule has 0 saturated heterocycles. The lowest BCUT2D eigenvalue weighted by Crippen LogP contribution is -2.31. The molecule has 1 saturated carbocycles. The van der Waals surface area contributed by atoms with Gasteiger partial charge in [-0.25, -0.2) is 4.79 Å². The first-order valence-corrected chi connectivity index (χ1v) is 9.21. The second-order valence-electron chi connectivity index (χ2n) is 6.96. The average molecular weight is 377 g/mol. The molecule has 0 N–H and O–H groups in total. The van der Waals surface area contributed by atoms with E-state index >= 15 is 0 Å². The molecule has 2 aromatic rings. The molecule has 1 aliphatic rings. The van der Waals surface area contributed by atoms with Crippen LogP contribution in [0.3, 0.4) is 0 Å². The van der Waals surface area contributed by atoms with Gasteiger partial charge < -0.3 is 14.2 Å². The van der Waals surface area contributed by atoms with E-state index in [-0.39, 0.29) is 11.5 Å². The molecule has 6 nitrogen and oxygen atoms in total. The Hall–Kier alpha value is -3.33. The third-order valence-electron chi connectivity index (χ3n) is 4.92. The summed E-state index contributed by atoms with van der Waals surface area (Å²) in [6.07, 6.45) is 3.85. The highest BCUT2D eigenvalue weighted by molar-refractivity contribution is 6.00. The number of carbonyl (C=O) groups excluding carboxylic acids is 2. The van der Waals surface area contributed by atoms with Crippen molar-refractivity contribution in [3.05, 3.63) is 58.9 Å². The van der Waals surface area contributed by atoms with Gasteiger partial charge in [0.1, 0.15) is 11.6 Å². The summed E-state index contributed by atoms with van der Waals surface area (Å²) >= 11 is 0. The van der Waals surface area contributed by atoms with Crippen LogP contribution in [0.2, 0.25) is 0 Å². The van der Waals surface area contributed by atoms with Gasteiger partial charge in [0.15, 0.2) is 6.61 Å². The predicted octanol–water partition coefficient (Wildman–Crippen LogP) is 3.55. The van der Waals surface area contributed by atoms with E-state index in [0.717, 1.165) is 29.8 Å². The lowest BCUT2D eigenvalue weighted by atomic mass is 10.1. The Morgan fingerprint density at radius 2 is 1.96 bits per heavy atom. The number of rotatable bonds is 6. The van der Waals surface area contributed by atoms with Crippen molar-refractivity contribution in [3.8, 4) is 6.07 Å². The molecule has 1 aliphatic carbocycles. The monoisotopic (exact) mass is 377 g/mol. The number of esters is 1. The van der Waals surface area contributed by atoms with Crippen LogP contribution in [0.1, 0.15) is 35.8 Å². The van der Waals surface area contributed by atoms with Crippen LogP contribution in [-0.4, -0.2) is 30.1 Å². The Kier molecular flexibility index (Phi) is 5.65. The average Bonchev–Trinajstić information content (AvgIpc) is 3.49. The van der Waals surface area contributed by atoms with Crippen molar-refractivity contribution < 1.29 is 14.3 Å². The molecule has 1 aromatic heterocycles. The molecule has 0 aliphatic heterocycles.